The van der Waals surface area contributed by atoms with Crippen LogP contribution in [0.1, 0.15) is 53.8 Å². The van der Waals surface area contributed by atoms with Crippen LogP contribution in [0.4, 0.5) is 0 Å². The molecule has 0 aliphatic carbocycles. The number of fused-ring (bicyclic) bond motifs is 1. The van der Waals surface area contributed by atoms with Crippen molar-refractivity contribution < 1.29 is 28.9 Å². The molecule has 1 amide bonds. The van der Waals surface area contributed by atoms with E-state index in [4.69, 9.17) is 25.8 Å². The number of methoxy groups -OCH3 is 1. The third-order valence-electron chi connectivity index (χ3n) is 6.11. The lowest BCUT2D eigenvalue weighted by molar-refractivity contribution is -0.145. The second kappa shape index (κ2) is 12.8. The molecule has 0 aliphatic heterocycles. The molecule has 194 valence electrons. The number of ether oxygens (including phenoxy) is 3. The van der Waals surface area contributed by atoms with E-state index in [0.717, 1.165) is 16.6 Å². The molecular weight excluding hydrogens is 484 g/mol. The van der Waals surface area contributed by atoms with Gasteiger partial charge in [0.25, 0.3) is 5.91 Å². The Bertz CT molecular complexity index is 1190. The minimum Gasteiger partial charge on any atom is -0.490 e. The molecule has 9 heteroatoms. The van der Waals surface area contributed by atoms with Gasteiger partial charge in [0, 0.05) is 19.5 Å². The first-order valence-corrected chi connectivity index (χ1v) is 12.3. The predicted octanol–water partition coefficient (Wildman–Crippen LogP) is 4.38. The fraction of sp³-hybridized carbons (Fsp3) is 0.407. The molecule has 1 unspecified atom stereocenters. The molecule has 2 atom stereocenters. The molecule has 0 radical (unpaired) electrons. The van der Waals surface area contributed by atoms with Crippen molar-refractivity contribution >= 4 is 34.4 Å². The molecule has 0 bridgehead atoms. The molecule has 2 N–H and O–H groups in total. The monoisotopic (exact) mass is 516 g/mol. The summed E-state index contributed by atoms with van der Waals surface area (Å²) >= 11 is 6.55. The number of benzene rings is 2. The smallest absolute Gasteiger partial charge is 0.313 e. The molecule has 8 nitrogen and oxygen atoms in total. The minimum atomic E-state index is -0.629. The first-order chi connectivity index (χ1) is 17.4. The molecule has 0 aliphatic rings. The lowest BCUT2D eigenvalue weighted by Crippen LogP contribution is -2.32. The second-order valence-corrected chi connectivity index (χ2v) is 8.71. The van der Waals surface area contributed by atoms with E-state index in [1.165, 1.54) is 0 Å². The van der Waals surface area contributed by atoms with Crippen molar-refractivity contribution in [2.45, 2.75) is 32.2 Å². The third-order valence-corrected chi connectivity index (χ3v) is 6.50. The van der Waals surface area contributed by atoms with Gasteiger partial charge in [-0.2, -0.15) is 0 Å². The van der Waals surface area contributed by atoms with Crippen molar-refractivity contribution in [3.8, 4) is 5.75 Å². The molecule has 3 rings (SSSR count). The van der Waals surface area contributed by atoms with Gasteiger partial charge in [-0.05, 0) is 42.7 Å². The fourth-order valence-electron chi connectivity index (χ4n) is 4.13. The number of rotatable bonds is 12. The van der Waals surface area contributed by atoms with Gasteiger partial charge in [0.15, 0.2) is 0 Å². The molecule has 2 aromatic carbocycles. The lowest BCUT2D eigenvalue weighted by Gasteiger charge is -2.19. The maximum atomic E-state index is 13.2. The van der Waals surface area contributed by atoms with Crippen LogP contribution in [0.15, 0.2) is 42.5 Å². The maximum absolute atomic E-state index is 13.2. The van der Waals surface area contributed by atoms with Crippen LogP contribution in [0.2, 0.25) is 5.02 Å². The summed E-state index contributed by atoms with van der Waals surface area (Å²) in [4.78, 5) is 25.4. The summed E-state index contributed by atoms with van der Waals surface area (Å²) in [6.45, 7) is 4.54. The van der Waals surface area contributed by atoms with Gasteiger partial charge < -0.3 is 29.2 Å². The highest BCUT2D eigenvalue weighted by atomic mass is 35.5. The summed E-state index contributed by atoms with van der Waals surface area (Å²) in [7, 11) is 3.37. The fourth-order valence-corrected chi connectivity index (χ4v) is 4.40. The van der Waals surface area contributed by atoms with Crippen LogP contribution in [0.5, 0.6) is 5.75 Å². The number of amides is 1. The van der Waals surface area contributed by atoms with Gasteiger partial charge in [0.2, 0.25) is 0 Å². The van der Waals surface area contributed by atoms with Crippen molar-refractivity contribution in [2.24, 2.45) is 7.05 Å². The van der Waals surface area contributed by atoms with Crippen molar-refractivity contribution in [3.05, 3.63) is 64.3 Å². The number of carbonyl (C=O) groups is 2. The van der Waals surface area contributed by atoms with Gasteiger partial charge >= 0.3 is 5.97 Å². The number of nitrogens with zero attached hydrogens (tertiary/aromatic N) is 1. The second-order valence-electron chi connectivity index (χ2n) is 8.33. The summed E-state index contributed by atoms with van der Waals surface area (Å²) < 4.78 is 17.6. The summed E-state index contributed by atoms with van der Waals surface area (Å²) in [5, 5.41) is 14.0. The van der Waals surface area contributed by atoms with Crippen LogP contribution in [0.25, 0.3) is 10.9 Å². The number of hydrogen-bond acceptors (Lipinski definition) is 6. The van der Waals surface area contributed by atoms with E-state index in [0.29, 0.717) is 48.1 Å². The Morgan fingerprint density at radius 3 is 2.39 bits per heavy atom. The normalized spacial score (nSPS) is 12.8. The topological polar surface area (TPSA) is 99.0 Å². The molecule has 1 heterocycles. The highest BCUT2D eigenvalue weighted by Gasteiger charge is 2.23. The van der Waals surface area contributed by atoms with Crippen molar-refractivity contribution in [2.75, 3.05) is 33.5 Å². The Hall–Kier alpha value is -3.07. The average molecular weight is 517 g/mol. The SMILES string of the molecule is CCOC(=O)C(CC)c1ccc([C@@H](CO)NC(=O)c2cc3c(Cl)c(OCCOC)ccc3n2C)cc1. The number of nitrogens with one attached hydrogen (secondary N) is 1. The Kier molecular flexibility index (Phi) is 9.75. The van der Waals surface area contributed by atoms with E-state index in [1.54, 1.807) is 49.9 Å². The van der Waals surface area contributed by atoms with Gasteiger partial charge in [-0.15, -0.1) is 0 Å². The zero-order valence-corrected chi connectivity index (χ0v) is 21.8. The largest absolute Gasteiger partial charge is 0.490 e. The van der Waals surface area contributed by atoms with Crippen LogP contribution in [-0.2, 0) is 21.3 Å². The van der Waals surface area contributed by atoms with Gasteiger partial charge in [0.05, 0.1) is 42.3 Å². The number of carbonyl (C=O) groups excluding carboxylic acids is 2. The van der Waals surface area contributed by atoms with E-state index in [1.807, 2.05) is 25.1 Å². The molecule has 1 aromatic heterocycles. The molecule has 0 saturated carbocycles. The third kappa shape index (κ3) is 6.00. The Labute approximate surface area is 216 Å². The quantitative estimate of drug-likeness (QED) is 0.274. The van der Waals surface area contributed by atoms with Crippen molar-refractivity contribution in [3.63, 3.8) is 0 Å². The first-order valence-electron chi connectivity index (χ1n) is 11.9. The van der Waals surface area contributed by atoms with Crippen molar-refractivity contribution in [1.29, 1.82) is 0 Å². The number of esters is 1. The van der Waals surface area contributed by atoms with Crippen LogP contribution in [0.3, 0.4) is 0 Å². The zero-order chi connectivity index (χ0) is 26.2. The summed E-state index contributed by atoms with van der Waals surface area (Å²) in [6.07, 6.45) is 0.612. The van der Waals surface area contributed by atoms with Gasteiger partial charge in [-0.3, -0.25) is 9.59 Å². The van der Waals surface area contributed by atoms with E-state index in [9.17, 15) is 14.7 Å². The number of aliphatic hydroxyl groups is 1. The van der Waals surface area contributed by atoms with Gasteiger partial charge in [0.1, 0.15) is 18.1 Å². The Morgan fingerprint density at radius 2 is 1.78 bits per heavy atom. The number of aryl methyl sites for hydroxylation is 1. The van der Waals surface area contributed by atoms with Gasteiger partial charge in [-0.25, -0.2) is 0 Å². The highest BCUT2D eigenvalue weighted by molar-refractivity contribution is 6.37. The number of halogens is 1. The number of hydrogen-bond donors (Lipinski definition) is 2. The average Bonchev–Trinajstić information content (AvgIpc) is 3.22. The molecule has 0 fully saturated rings. The summed E-state index contributed by atoms with van der Waals surface area (Å²) in [5.74, 6) is -0.459. The molecule has 0 saturated heterocycles. The number of aromatic nitrogens is 1. The van der Waals surface area contributed by atoms with E-state index < -0.39 is 6.04 Å². The summed E-state index contributed by atoms with van der Waals surface area (Å²) in [6, 6.07) is 12.0. The van der Waals surface area contributed by atoms with Crippen LogP contribution >= 0.6 is 11.6 Å². The first kappa shape index (κ1) is 27.5. The standard InChI is InChI=1S/C27H33ClN2O6/c1-5-19(27(33)35-6-2)17-7-9-18(10-8-17)21(16-31)29-26(32)23-15-20-22(30(23)3)11-12-24(25(20)28)36-14-13-34-4/h7-12,15,19,21,31H,5-6,13-14,16H2,1-4H3,(H,29,32)/t19?,21-/m1/s1. The van der Waals surface area contributed by atoms with E-state index in [2.05, 4.69) is 5.32 Å². The lowest BCUT2D eigenvalue weighted by atomic mass is 9.94. The molecule has 3 aromatic rings. The van der Waals surface area contributed by atoms with Crippen LogP contribution < -0.4 is 10.1 Å². The van der Waals surface area contributed by atoms with Gasteiger partial charge in [-0.1, -0.05) is 42.8 Å². The summed E-state index contributed by atoms with van der Waals surface area (Å²) in [5.41, 5.74) is 2.72. The maximum Gasteiger partial charge on any atom is 0.313 e. The Morgan fingerprint density at radius 1 is 1.08 bits per heavy atom. The van der Waals surface area contributed by atoms with E-state index >= 15 is 0 Å². The van der Waals surface area contributed by atoms with E-state index in [-0.39, 0.29) is 24.4 Å². The zero-order valence-electron chi connectivity index (χ0n) is 21.0. The Balaban J connectivity index is 1.79. The minimum absolute atomic E-state index is 0.263. The van der Waals surface area contributed by atoms with Crippen molar-refractivity contribution in [1.82, 2.24) is 9.88 Å². The molecule has 0 spiro atoms. The van der Waals surface area contributed by atoms with Crippen LogP contribution in [-0.4, -0.2) is 55.1 Å². The highest BCUT2D eigenvalue weighted by Crippen LogP contribution is 2.34. The molecular formula is C27H33ClN2O6. The number of aliphatic hydroxyl groups excluding tert-OH is 1. The predicted molar refractivity (Wildman–Crippen MR) is 139 cm³/mol. The molecule has 36 heavy (non-hydrogen) atoms. The van der Waals surface area contributed by atoms with Crippen LogP contribution in [0, 0.1) is 0 Å².